The van der Waals surface area contributed by atoms with E-state index in [-0.39, 0.29) is 25.4 Å². The van der Waals surface area contributed by atoms with Gasteiger partial charge in [-0.05, 0) is 20.3 Å². The number of hydrogen-bond donors (Lipinski definition) is 2. The van der Waals surface area contributed by atoms with Crippen LogP contribution in [0.4, 0.5) is 0 Å². The predicted octanol–water partition coefficient (Wildman–Crippen LogP) is 0.702. The molecule has 0 aromatic carbocycles. The summed E-state index contributed by atoms with van der Waals surface area (Å²) in [6.45, 7) is 3.36. The van der Waals surface area contributed by atoms with Crippen LogP contribution in [0.1, 0.15) is 39.5 Å². The lowest BCUT2D eigenvalue weighted by atomic mass is 10.0. The van der Waals surface area contributed by atoms with E-state index in [0.29, 0.717) is 6.42 Å². The van der Waals surface area contributed by atoms with Gasteiger partial charge in [-0.3, -0.25) is 4.79 Å². The molecule has 1 aliphatic heterocycles. The lowest BCUT2D eigenvalue weighted by Gasteiger charge is -2.21. The third-order valence-electron chi connectivity index (χ3n) is 3.03. The predicted molar refractivity (Wildman–Crippen MR) is 70.7 cm³/mol. The van der Waals surface area contributed by atoms with E-state index in [4.69, 9.17) is 9.47 Å². The Morgan fingerprint density at radius 3 is 2.50 bits per heavy atom. The standard InChI is InChI=1S/C14H22O6/c1-9-4-3-5-13(17)20-10(2)8-12(16)11(15)6-7-14(18)19-9/h3,5,9-12,15-16H,4,6-8H2,1-2H3/b5-3+/t9-,10-,11+,12+/m1/s1. The number of hydrogen-bond acceptors (Lipinski definition) is 6. The molecule has 0 aliphatic carbocycles. The van der Waals surface area contributed by atoms with Gasteiger partial charge in [0, 0.05) is 25.3 Å². The Balaban J connectivity index is 2.70. The third kappa shape index (κ3) is 6.16. The quantitative estimate of drug-likeness (QED) is 0.637. The van der Waals surface area contributed by atoms with Crippen molar-refractivity contribution in [1.82, 2.24) is 0 Å². The molecule has 20 heavy (non-hydrogen) atoms. The first-order valence-electron chi connectivity index (χ1n) is 6.81. The number of aliphatic hydroxyl groups is 2. The van der Waals surface area contributed by atoms with Crippen LogP contribution < -0.4 is 0 Å². The Morgan fingerprint density at radius 1 is 1.10 bits per heavy atom. The van der Waals surface area contributed by atoms with E-state index in [1.165, 1.54) is 6.08 Å². The molecule has 1 heterocycles. The number of carbonyl (C=O) groups excluding carboxylic acids is 2. The molecule has 1 rings (SSSR count). The normalized spacial score (nSPS) is 35.6. The van der Waals surface area contributed by atoms with E-state index in [1.807, 2.05) is 0 Å². The molecule has 0 spiro atoms. The minimum absolute atomic E-state index is 0.0421. The Labute approximate surface area is 118 Å². The van der Waals surface area contributed by atoms with Gasteiger partial charge in [0.2, 0.25) is 0 Å². The molecule has 114 valence electrons. The zero-order valence-corrected chi connectivity index (χ0v) is 11.8. The minimum atomic E-state index is -1.05. The Morgan fingerprint density at radius 2 is 1.80 bits per heavy atom. The second-order valence-electron chi connectivity index (χ2n) is 5.10. The van der Waals surface area contributed by atoms with Crippen LogP contribution in [0, 0.1) is 0 Å². The molecule has 6 heteroatoms. The van der Waals surface area contributed by atoms with Gasteiger partial charge in [-0.1, -0.05) is 6.08 Å². The summed E-state index contributed by atoms with van der Waals surface area (Å²) >= 11 is 0. The van der Waals surface area contributed by atoms with Crippen LogP contribution in [0.25, 0.3) is 0 Å². The van der Waals surface area contributed by atoms with Crippen molar-refractivity contribution in [2.45, 2.75) is 63.9 Å². The van der Waals surface area contributed by atoms with Crippen molar-refractivity contribution in [2.75, 3.05) is 0 Å². The zero-order valence-electron chi connectivity index (χ0n) is 11.8. The molecule has 6 nitrogen and oxygen atoms in total. The van der Waals surface area contributed by atoms with Crippen LogP contribution in [0.3, 0.4) is 0 Å². The van der Waals surface area contributed by atoms with Crippen molar-refractivity contribution >= 4 is 11.9 Å². The van der Waals surface area contributed by atoms with Crippen LogP contribution in [0.2, 0.25) is 0 Å². The molecule has 0 aromatic heterocycles. The van der Waals surface area contributed by atoms with E-state index in [2.05, 4.69) is 0 Å². The molecule has 4 atom stereocenters. The molecule has 0 saturated carbocycles. The van der Waals surface area contributed by atoms with Crippen LogP contribution in [-0.2, 0) is 19.1 Å². The summed E-state index contributed by atoms with van der Waals surface area (Å²) in [5, 5.41) is 19.5. The molecule has 0 radical (unpaired) electrons. The fraction of sp³-hybridized carbons (Fsp3) is 0.714. The SMILES string of the molecule is C[C@@H]1C[C@H](O)[C@@H](O)CCC(=O)O[C@H](C)C/C=C/C(=O)O1. The van der Waals surface area contributed by atoms with Crippen LogP contribution in [-0.4, -0.2) is 46.6 Å². The fourth-order valence-corrected chi connectivity index (χ4v) is 1.93. The monoisotopic (exact) mass is 286 g/mol. The van der Waals surface area contributed by atoms with Crippen molar-refractivity contribution < 1.29 is 29.3 Å². The summed E-state index contributed by atoms with van der Waals surface area (Å²) in [4.78, 5) is 23.0. The van der Waals surface area contributed by atoms with Crippen LogP contribution >= 0.6 is 0 Å². The van der Waals surface area contributed by atoms with Crippen LogP contribution in [0.5, 0.6) is 0 Å². The number of ether oxygens (including phenoxy) is 2. The lowest BCUT2D eigenvalue weighted by Crippen LogP contribution is -2.31. The minimum Gasteiger partial charge on any atom is -0.462 e. The Bertz CT molecular complexity index is 365. The van der Waals surface area contributed by atoms with E-state index in [9.17, 15) is 19.8 Å². The van der Waals surface area contributed by atoms with E-state index in [1.54, 1.807) is 19.9 Å². The van der Waals surface area contributed by atoms with Crippen molar-refractivity contribution in [2.24, 2.45) is 0 Å². The van der Waals surface area contributed by atoms with Gasteiger partial charge in [0.05, 0.1) is 12.2 Å². The number of cyclic esters (lactones) is 2. The van der Waals surface area contributed by atoms with Gasteiger partial charge in [-0.2, -0.15) is 0 Å². The number of carbonyl (C=O) groups is 2. The third-order valence-corrected chi connectivity index (χ3v) is 3.03. The highest BCUT2D eigenvalue weighted by Crippen LogP contribution is 2.13. The number of rotatable bonds is 0. The Hall–Kier alpha value is -1.40. The van der Waals surface area contributed by atoms with E-state index >= 15 is 0 Å². The average molecular weight is 286 g/mol. The molecule has 2 N–H and O–H groups in total. The first kappa shape index (κ1) is 16.7. The molecular formula is C14H22O6. The molecule has 0 unspecified atom stereocenters. The van der Waals surface area contributed by atoms with Gasteiger partial charge in [0.15, 0.2) is 0 Å². The summed E-state index contributed by atoms with van der Waals surface area (Å²) in [6.07, 6.45) is 0.598. The highest BCUT2D eigenvalue weighted by molar-refractivity contribution is 5.82. The zero-order chi connectivity index (χ0) is 15.1. The Kier molecular flexibility index (Phi) is 6.67. The maximum absolute atomic E-state index is 11.5. The smallest absolute Gasteiger partial charge is 0.330 e. The summed E-state index contributed by atoms with van der Waals surface area (Å²) in [7, 11) is 0. The molecule has 1 aliphatic rings. The average Bonchev–Trinajstić information content (AvgIpc) is 2.34. The van der Waals surface area contributed by atoms with E-state index in [0.717, 1.165) is 0 Å². The highest BCUT2D eigenvalue weighted by Gasteiger charge is 2.22. The van der Waals surface area contributed by atoms with Gasteiger partial charge in [-0.25, -0.2) is 4.79 Å². The van der Waals surface area contributed by atoms with Gasteiger partial charge in [0.1, 0.15) is 12.2 Å². The summed E-state index contributed by atoms with van der Waals surface area (Å²) in [5.41, 5.74) is 0. The van der Waals surface area contributed by atoms with E-state index < -0.39 is 30.3 Å². The maximum atomic E-state index is 11.5. The number of esters is 2. The number of aliphatic hydroxyl groups excluding tert-OH is 2. The van der Waals surface area contributed by atoms with Gasteiger partial charge in [0.25, 0.3) is 0 Å². The molecule has 0 aromatic rings. The second-order valence-corrected chi connectivity index (χ2v) is 5.10. The van der Waals surface area contributed by atoms with Gasteiger partial charge < -0.3 is 19.7 Å². The van der Waals surface area contributed by atoms with Crippen molar-refractivity contribution in [3.05, 3.63) is 12.2 Å². The van der Waals surface area contributed by atoms with Crippen molar-refractivity contribution in [1.29, 1.82) is 0 Å². The molecule has 0 fully saturated rings. The van der Waals surface area contributed by atoms with Crippen molar-refractivity contribution in [3.8, 4) is 0 Å². The second kappa shape index (κ2) is 8.01. The highest BCUT2D eigenvalue weighted by atomic mass is 16.5. The largest absolute Gasteiger partial charge is 0.462 e. The first-order chi connectivity index (χ1) is 9.38. The van der Waals surface area contributed by atoms with Gasteiger partial charge in [-0.15, -0.1) is 0 Å². The van der Waals surface area contributed by atoms with Crippen molar-refractivity contribution in [3.63, 3.8) is 0 Å². The molecular weight excluding hydrogens is 264 g/mol. The molecule has 0 bridgehead atoms. The van der Waals surface area contributed by atoms with Gasteiger partial charge >= 0.3 is 11.9 Å². The molecule has 0 saturated heterocycles. The molecule has 0 amide bonds. The summed E-state index contributed by atoms with van der Waals surface area (Å²) in [5.74, 6) is -0.945. The lowest BCUT2D eigenvalue weighted by molar-refractivity contribution is -0.149. The topological polar surface area (TPSA) is 93.1 Å². The summed E-state index contributed by atoms with van der Waals surface area (Å²) < 4.78 is 10.2. The first-order valence-corrected chi connectivity index (χ1v) is 6.81. The van der Waals surface area contributed by atoms with Crippen LogP contribution in [0.15, 0.2) is 12.2 Å². The fourth-order valence-electron chi connectivity index (χ4n) is 1.93. The summed E-state index contributed by atoms with van der Waals surface area (Å²) in [6, 6.07) is 0. The maximum Gasteiger partial charge on any atom is 0.330 e.